The monoisotopic (exact) mass is 372 g/mol. The van der Waals surface area contributed by atoms with Gasteiger partial charge in [-0.3, -0.25) is 0 Å². The van der Waals surface area contributed by atoms with Crippen molar-refractivity contribution in [2.75, 3.05) is 31.6 Å². The quantitative estimate of drug-likeness (QED) is 0.746. The predicted molar refractivity (Wildman–Crippen MR) is 102 cm³/mol. The Kier molecular flexibility index (Phi) is 7.19. The highest BCUT2D eigenvalue weighted by molar-refractivity contribution is 5.89. The standard InChI is InChI=1S/C21H25FN2O3/c22-18-7-4-8-19(15-18)23-21(25)24-11-9-20(10-12-24)27-14-13-26-16-17-5-2-1-3-6-17/h1-8,15,20H,9-14,16H2,(H,23,25). The fourth-order valence-electron chi connectivity index (χ4n) is 3.03. The van der Waals surface area contributed by atoms with E-state index in [9.17, 15) is 9.18 Å². The maximum atomic E-state index is 13.2. The summed E-state index contributed by atoms with van der Waals surface area (Å²) in [5, 5.41) is 2.73. The van der Waals surface area contributed by atoms with Crippen LogP contribution in [0.4, 0.5) is 14.9 Å². The third-order valence-electron chi connectivity index (χ3n) is 4.50. The van der Waals surface area contributed by atoms with E-state index < -0.39 is 0 Å². The molecule has 1 aliphatic heterocycles. The molecule has 2 amide bonds. The summed E-state index contributed by atoms with van der Waals surface area (Å²) >= 11 is 0. The predicted octanol–water partition coefficient (Wildman–Crippen LogP) is 4.06. The van der Waals surface area contributed by atoms with Crippen LogP contribution >= 0.6 is 0 Å². The number of nitrogens with zero attached hydrogens (tertiary/aromatic N) is 1. The molecule has 1 saturated heterocycles. The first kappa shape index (κ1) is 19.3. The molecule has 1 fully saturated rings. The van der Waals surface area contributed by atoms with Crippen molar-refractivity contribution < 1.29 is 18.7 Å². The number of hydrogen-bond acceptors (Lipinski definition) is 3. The molecule has 0 atom stereocenters. The molecule has 0 bridgehead atoms. The molecular formula is C21H25FN2O3. The Hall–Kier alpha value is -2.44. The molecule has 0 radical (unpaired) electrons. The van der Waals surface area contributed by atoms with Gasteiger partial charge in [0.2, 0.25) is 0 Å². The van der Waals surface area contributed by atoms with Crippen molar-refractivity contribution >= 4 is 11.7 Å². The minimum Gasteiger partial charge on any atom is -0.376 e. The topological polar surface area (TPSA) is 50.8 Å². The molecular weight excluding hydrogens is 347 g/mol. The number of carbonyl (C=O) groups is 1. The van der Waals surface area contributed by atoms with E-state index in [1.165, 1.54) is 12.1 Å². The van der Waals surface area contributed by atoms with Gasteiger partial charge in [-0.2, -0.15) is 0 Å². The van der Waals surface area contributed by atoms with Crippen LogP contribution in [0.25, 0.3) is 0 Å². The van der Waals surface area contributed by atoms with Gasteiger partial charge in [-0.1, -0.05) is 36.4 Å². The molecule has 5 nitrogen and oxygen atoms in total. The molecule has 1 heterocycles. The van der Waals surface area contributed by atoms with Gasteiger partial charge in [0.05, 0.1) is 25.9 Å². The van der Waals surface area contributed by atoms with Gasteiger partial charge in [0.1, 0.15) is 5.82 Å². The van der Waals surface area contributed by atoms with Crippen molar-refractivity contribution in [3.05, 3.63) is 66.0 Å². The Bertz CT molecular complexity index is 718. The fourth-order valence-corrected chi connectivity index (χ4v) is 3.03. The fraction of sp³-hybridized carbons (Fsp3) is 0.381. The molecule has 0 unspecified atom stereocenters. The number of halogens is 1. The van der Waals surface area contributed by atoms with Gasteiger partial charge >= 0.3 is 6.03 Å². The number of piperidine rings is 1. The van der Waals surface area contributed by atoms with Crippen LogP contribution in [0.5, 0.6) is 0 Å². The van der Waals surface area contributed by atoms with Gasteiger partial charge in [-0.25, -0.2) is 9.18 Å². The Balaban J connectivity index is 1.30. The van der Waals surface area contributed by atoms with Gasteiger partial charge in [-0.05, 0) is 36.6 Å². The molecule has 2 aromatic rings. The zero-order valence-electron chi connectivity index (χ0n) is 15.3. The van der Waals surface area contributed by atoms with Crippen LogP contribution in [0, 0.1) is 5.82 Å². The lowest BCUT2D eigenvalue weighted by molar-refractivity contribution is -0.0202. The van der Waals surface area contributed by atoms with E-state index in [0.717, 1.165) is 18.4 Å². The van der Waals surface area contributed by atoms with Crippen LogP contribution in [0.1, 0.15) is 18.4 Å². The third-order valence-corrected chi connectivity index (χ3v) is 4.50. The second kappa shape index (κ2) is 10.0. The highest BCUT2D eigenvalue weighted by atomic mass is 19.1. The number of carbonyl (C=O) groups excluding carboxylic acids is 1. The largest absolute Gasteiger partial charge is 0.376 e. The molecule has 0 spiro atoms. The van der Waals surface area contributed by atoms with Crippen LogP contribution in [-0.4, -0.2) is 43.3 Å². The Morgan fingerprint density at radius 3 is 2.59 bits per heavy atom. The van der Waals surface area contributed by atoms with Crippen LogP contribution in [0.3, 0.4) is 0 Å². The lowest BCUT2D eigenvalue weighted by atomic mass is 10.1. The van der Waals surface area contributed by atoms with E-state index in [-0.39, 0.29) is 18.0 Å². The molecule has 0 aliphatic carbocycles. The first-order valence-corrected chi connectivity index (χ1v) is 9.25. The molecule has 0 saturated carbocycles. The number of nitrogens with one attached hydrogen (secondary N) is 1. The molecule has 6 heteroatoms. The molecule has 1 N–H and O–H groups in total. The second-order valence-electron chi connectivity index (χ2n) is 6.54. The lowest BCUT2D eigenvalue weighted by Gasteiger charge is -2.32. The van der Waals surface area contributed by atoms with Gasteiger partial charge in [-0.15, -0.1) is 0 Å². The average molecular weight is 372 g/mol. The SMILES string of the molecule is O=C(Nc1cccc(F)c1)N1CCC(OCCOCc2ccccc2)CC1. The van der Waals surface area contributed by atoms with E-state index in [2.05, 4.69) is 5.32 Å². The normalized spacial score (nSPS) is 14.9. The van der Waals surface area contributed by atoms with Crippen LogP contribution in [0.2, 0.25) is 0 Å². The van der Waals surface area contributed by atoms with Gasteiger partial charge in [0, 0.05) is 18.8 Å². The zero-order chi connectivity index (χ0) is 18.9. The third kappa shape index (κ3) is 6.34. The molecule has 3 rings (SSSR count). The molecule has 2 aromatic carbocycles. The van der Waals surface area contributed by atoms with Gasteiger partial charge in [0.25, 0.3) is 0 Å². The van der Waals surface area contributed by atoms with E-state index >= 15 is 0 Å². The van der Waals surface area contributed by atoms with Crippen LogP contribution < -0.4 is 5.32 Å². The lowest BCUT2D eigenvalue weighted by Crippen LogP contribution is -2.43. The first-order chi connectivity index (χ1) is 13.2. The highest BCUT2D eigenvalue weighted by Gasteiger charge is 2.23. The van der Waals surface area contributed by atoms with Crippen molar-refractivity contribution in [2.45, 2.75) is 25.6 Å². The Morgan fingerprint density at radius 1 is 1.07 bits per heavy atom. The number of likely N-dealkylation sites (tertiary alicyclic amines) is 1. The van der Waals surface area contributed by atoms with Crippen molar-refractivity contribution in [3.8, 4) is 0 Å². The van der Waals surface area contributed by atoms with Gasteiger partial charge < -0.3 is 19.7 Å². The molecule has 27 heavy (non-hydrogen) atoms. The summed E-state index contributed by atoms with van der Waals surface area (Å²) in [5.74, 6) is -0.366. The van der Waals surface area contributed by atoms with E-state index in [0.29, 0.717) is 38.6 Å². The molecule has 144 valence electrons. The molecule has 0 aromatic heterocycles. The van der Waals surface area contributed by atoms with Crippen molar-refractivity contribution in [3.63, 3.8) is 0 Å². The van der Waals surface area contributed by atoms with E-state index in [1.807, 2.05) is 30.3 Å². The Labute approximate surface area is 159 Å². The minimum absolute atomic E-state index is 0.142. The van der Waals surface area contributed by atoms with Crippen molar-refractivity contribution in [1.29, 1.82) is 0 Å². The van der Waals surface area contributed by atoms with Crippen molar-refractivity contribution in [1.82, 2.24) is 4.90 Å². The summed E-state index contributed by atoms with van der Waals surface area (Å²) in [6, 6.07) is 15.7. The number of benzene rings is 2. The number of ether oxygens (including phenoxy) is 2. The number of anilines is 1. The summed E-state index contributed by atoms with van der Waals surface area (Å²) in [5.41, 5.74) is 1.61. The van der Waals surface area contributed by atoms with Gasteiger partial charge in [0.15, 0.2) is 0 Å². The first-order valence-electron chi connectivity index (χ1n) is 9.25. The summed E-state index contributed by atoms with van der Waals surface area (Å²) in [6.07, 6.45) is 1.72. The van der Waals surface area contributed by atoms with E-state index in [1.54, 1.807) is 17.0 Å². The number of amides is 2. The zero-order valence-corrected chi connectivity index (χ0v) is 15.3. The minimum atomic E-state index is -0.366. The summed E-state index contributed by atoms with van der Waals surface area (Å²) in [4.78, 5) is 14.0. The van der Waals surface area contributed by atoms with Crippen LogP contribution in [-0.2, 0) is 16.1 Å². The van der Waals surface area contributed by atoms with E-state index in [4.69, 9.17) is 9.47 Å². The smallest absolute Gasteiger partial charge is 0.321 e. The number of rotatable bonds is 7. The highest BCUT2D eigenvalue weighted by Crippen LogP contribution is 2.16. The summed E-state index contributed by atoms with van der Waals surface area (Å²) in [6.45, 7) is 2.93. The second-order valence-corrected chi connectivity index (χ2v) is 6.54. The molecule has 1 aliphatic rings. The number of hydrogen-bond donors (Lipinski definition) is 1. The van der Waals surface area contributed by atoms with Crippen molar-refractivity contribution in [2.24, 2.45) is 0 Å². The maximum Gasteiger partial charge on any atom is 0.321 e. The average Bonchev–Trinajstić information content (AvgIpc) is 2.69. The Morgan fingerprint density at radius 2 is 1.85 bits per heavy atom. The summed E-state index contributed by atoms with van der Waals surface area (Å²) < 4.78 is 24.7. The summed E-state index contributed by atoms with van der Waals surface area (Å²) in [7, 11) is 0. The maximum absolute atomic E-state index is 13.2. The van der Waals surface area contributed by atoms with Crippen LogP contribution in [0.15, 0.2) is 54.6 Å². The number of urea groups is 1.